The van der Waals surface area contributed by atoms with E-state index in [4.69, 9.17) is 21.1 Å². The summed E-state index contributed by atoms with van der Waals surface area (Å²) in [6.07, 6.45) is 0.560. The fraction of sp³-hybridized carbons (Fsp3) is 0.316. The molecule has 1 amide bonds. The van der Waals surface area contributed by atoms with Crippen molar-refractivity contribution in [2.24, 2.45) is 0 Å². The molecule has 9 heteroatoms. The SMILES string of the molecule is CCS(=O)(=O)Nc1cccc(C(=O)NCCc2cc(Cl)c3c(c2)OCCO3)c1. The number of fused-ring (bicyclic) bond motifs is 1. The summed E-state index contributed by atoms with van der Waals surface area (Å²) < 4.78 is 36.8. The summed E-state index contributed by atoms with van der Waals surface area (Å²) in [5, 5.41) is 3.30. The second-order valence-corrected chi connectivity index (χ2v) is 8.61. The summed E-state index contributed by atoms with van der Waals surface area (Å²) in [7, 11) is -3.40. The number of benzene rings is 2. The molecule has 0 spiro atoms. The zero-order valence-electron chi connectivity index (χ0n) is 15.3. The third kappa shape index (κ3) is 5.08. The lowest BCUT2D eigenvalue weighted by Gasteiger charge is -2.20. The fourth-order valence-electron chi connectivity index (χ4n) is 2.71. The standard InChI is InChI=1S/C19H21ClN2O5S/c1-2-28(24,25)22-15-5-3-4-14(12-15)19(23)21-7-6-13-10-16(20)18-17(11-13)26-8-9-27-18/h3-5,10-12,22H,2,6-9H2,1H3,(H,21,23). The van der Waals surface area contributed by atoms with Crippen molar-refractivity contribution in [2.75, 3.05) is 30.2 Å². The minimum absolute atomic E-state index is 0.0402. The van der Waals surface area contributed by atoms with Crippen LogP contribution in [0.4, 0.5) is 5.69 Å². The van der Waals surface area contributed by atoms with E-state index >= 15 is 0 Å². The Hall–Kier alpha value is -2.45. The molecule has 28 heavy (non-hydrogen) atoms. The molecule has 7 nitrogen and oxygen atoms in total. The number of hydrogen-bond acceptors (Lipinski definition) is 5. The molecule has 1 aliphatic heterocycles. The van der Waals surface area contributed by atoms with Crippen LogP contribution in [-0.4, -0.2) is 39.8 Å². The van der Waals surface area contributed by atoms with E-state index in [-0.39, 0.29) is 11.7 Å². The molecule has 0 unspecified atom stereocenters. The summed E-state index contributed by atoms with van der Waals surface area (Å²) in [6, 6.07) is 10.0. The van der Waals surface area contributed by atoms with Crippen LogP contribution in [0.3, 0.4) is 0 Å². The van der Waals surface area contributed by atoms with Gasteiger partial charge in [-0.25, -0.2) is 8.42 Å². The number of carbonyl (C=O) groups is 1. The van der Waals surface area contributed by atoms with Crippen LogP contribution in [0.1, 0.15) is 22.8 Å². The highest BCUT2D eigenvalue weighted by atomic mass is 35.5. The third-order valence-corrected chi connectivity index (χ3v) is 5.72. The fourth-order valence-corrected chi connectivity index (χ4v) is 3.62. The van der Waals surface area contributed by atoms with Crippen molar-refractivity contribution in [3.05, 3.63) is 52.5 Å². The maximum Gasteiger partial charge on any atom is 0.251 e. The summed E-state index contributed by atoms with van der Waals surface area (Å²) >= 11 is 6.22. The number of halogens is 1. The molecule has 2 aromatic carbocycles. The number of nitrogens with one attached hydrogen (secondary N) is 2. The average molecular weight is 425 g/mol. The molecule has 0 saturated heterocycles. The van der Waals surface area contributed by atoms with Crippen LogP contribution in [0.5, 0.6) is 11.5 Å². The van der Waals surface area contributed by atoms with Gasteiger partial charge in [0.2, 0.25) is 10.0 Å². The Kier molecular flexibility index (Phi) is 6.31. The first-order valence-electron chi connectivity index (χ1n) is 8.85. The van der Waals surface area contributed by atoms with Gasteiger partial charge in [0.05, 0.1) is 10.8 Å². The van der Waals surface area contributed by atoms with Crippen LogP contribution < -0.4 is 19.5 Å². The number of hydrogen-bond donors (Lipinski definition) is 2. The van der Waals surface area contributed by atoms with Crippen molar-refractivity contribution in [3.63, 3.8) is 0 Å². The van der Waals surface area contributed by atoms with Gasteiger partial charge in [-0.3, -0.25) is 9.52 Å². The minimum Gasteiger partial charge on any atom is -0.486 e. The van der Waals surface area contributed by atoms with E-state index < -0.39 is 10.0 Å². The Labute approximate surface area is 169 Å². The van der Waals surface area contributed by atoms with E-state index in [0.29, 0.717) is 54.0 Å². The van der Waals surface area contributed by atoms with Crippen molar-refractivity contribution in [1.29, 1.82) is 0 Å². The molecule has 1 heterocycles. The average Bonchev–Trinajstić information content (AvgIpc) is 2.68. The highest BCUT2D eigenvalue weighted by molar-refractivity contribution is 7.92. The number of amides is 1. The summed E-state index contributed by atoms with van der Waals surface area (Å²) in [5.74, 6) is 0.825. The Bertz CT molecular complexity index is 978. The first-order valence-corrected chi connectivity index (χ1v) is 10.9. The zero-order chi connectivity index (χ0) is 20.1. The molecule has 0 saturated carbocycles. The molecule has 0 radical (unpaired) electrons. The molecule has 2 aromatic rings. The van der Waals surface area contributed by atoms with Gasteiger partial charge in [-0.1, -0.05) is 17.7 Å². The molecular formula is C19H21ClN2O5S. The molecule has 0 fully saturated rings. The van der Waals surface area contributed by atoms with Gasteiger partial charge in [0.15, 0.2) is 11.5 Å². The molecule has 150 valence electrons. The summed E-state index contributed by atoms with van der Waals surface area (Å²) in [5.41, 5.74) is 1.64. The number of ether oxygens (including phenoxy) is 2. The van der Waals surface area contributed by atoms with Gasteiger partial charge < -0.3 is 14.8 Å². The van der Waals surface area contributed by atoms with Crippen molar-refractivity contribution in [1.82, 2.24) is 5.32 Å². The van der Waals surface area contributed by atoms with E-state index in [0.717, 1.165) is 5.56 Å². The lowest BCUT2D eigenvalue weighted by molar-refractivity contribution is 0.0954. The number of anilines is 1. The van der Waals surface area contributed by atoms with Gasteiger partial charge in [-0.05, 0) is 49.2 Å². The third-order valence-electron chi connectivity index (χ3n) is 4.13. The maximum absolute atomic E-state index is 12.4. The van der Waals surface area contributed by atoms with Gasteiger partial charge in [-0.15, -0.1) is 0 Å². The van der Waals surface area contributed by atoms with Crippen molar-refractivity contribution >= 4 is 33.2 Å². The summed E-state index contributed by atoms with van der Waals surface area (Å²) in [4.78, 5) is 12.4. The van der Waals surface area contributed by atoms with Crippen LogP contribution in [0.25, 0.3) is 0 Å². The number of sulfonamides is 1. The molecule has 0 aromatic heterocycles. The molecule has 3 rings (SSSR count). The number of carbonyl (C=O) groups excluding carboxylic acids is 1. The Morgan fingerprint density at radius 2 is 1.96 bits per heavy atom. The second-order valence-electron chi connectivity index (χ2n) is 6.19. The largest absolute Gasteiger partial charge is 0.486 e. The normalized spacial score (nSPS) is 13.1. The lowest BCUT2D eigenvalue weighted by Crippen LogP contribution is -2.26. The van der Waals surface area contributed by atoms with Crippen molar-refractivity contribution < 1.29 is 22.7 Å². The minimum atomic E-state index is -3.40. The van der Waals surface area contributed by atoms with Crippen LogP contribution in [0.2, 0.25) is 5.02 Å². The van der Waals surface area contributed by atoms with Gasteiger partial charge >= 0.3 is 0 Å². The predicted octanol–water partition coefficient (Wildman–Crippen LogP) is 2.85. The smallest absolute Gasteiger partial charge is 0.251 e. The van der Waals surface area contributed by atoms with Gasteiger partial charge in [0.1, 0.15) is 13.2 Å². The van der Waals surface area contributed by atoms with E-state index in [9.17, 15) is 13.2 Å². The van der Waals surface area contributed by atoms with Gasteiger partial charge in [0, 0.05) is 17.8 Å². The topological polar surface area (TPSA) is 93.7 Å². The van der Waals surface area contributed by atoms with E-state index in [1.807, 2.05) is 6.07 Å². The first kappa shape index (κ1) is 20.3. The first-order chi connectivity index (χ1) is 13.4. The molecule has 0 aliphatic carbocycles. The zero-order valence-corrected chi connectivity index (χ0v) is 16.9. The van der Waals surface area contributed by atoms with Crippen molar-refractivity contribution in [2.45, 2.75) is 13.3 Å². The molecule has 0 bridgehead atoms. The van der Waals surface area contributed by atoms with Gasteiger partial charge in [0.25, 0.3) is 5.91 Å². The second kappa shape index (κ2) is 8.70. The van der Waals surface area contributed by atoms with Crippen LogP contribution in [0, 0.1) is 0 Å². The molecular weight excluding hydrogens is 404 g/mol. The maximum atomic E-state index is 12.4. The Morgan fingerprint density at radius 1 is 1.18 bits per heavy atom. The van der Waals surface area contributed by atoms with Crippen LogP contribution in [-0.2, 0) is 16.4 Å². The van der Waals surface area contributed by atoms with E-state index in [1.165, 1.54) is 6.07 Å². The molecule has 2 N–H and O–H groups in total. The summed E-state index contributed by atoms with van der Waals surface area (Å²) in [6.45, 7) is 2.87. The Balaban J connectivity index is 1.60. The van der Waals surface area contributed by atoms with Crippen molar-refractivity contribution in [3.8, 4) is 11.5 Å². The monoisotopic (exact) mass is 424 g/mol. The van der Waals surface area contributed by atoms with Crippen LogP contribution >= 0.6 is 11.6 Å². The predicted molar refractivity (Wildman–Crippen MR) is 108 cm³/mol. The Morgan fingerprint density at radius 3 is 2.75 bits per heavy atom. The van der Waals surface area contributed by atoms with Gasteiger partial charge in [-0.2, -0.15) is 0 Å². The quantitative estimate of drug-likeness (QED) is 0.712. The lowest BCUT2D eigenvalue weighted by atomic mass is 10.1. The highest BCUT2D eigenvalue weighted by Gasteiger charge is 2.17. The molecule has 1 aliphatic rings. The van der Waals surface area contributed by atoms with E-state index in [1.54, 1.807) is 31.2 Å². The van der Waals surface area contributed by atoms with Crippen LogP contribution in [0.15, 0.2) is 36.4 Å². The van der Waals surface area contributed by atoms with E-state index in [2.05, 4.69) is 10.0 Å². The highest BCUT2D eigenvalue weighted by Crippen LogP contribution is 2.38. The molecule has 0 atom stereocenters. The number of rotatable bonds is 7.